The zero-order valence-corrected chi connectivity index (χ0v) is 15.6. The van der Waals surface area contributed by atoms with Crippen molar-refractivity contribution in [2.45, 2.75) is 64.6 Å². The molecule has 0 unspecified atom stereocenters. The molecule has 0 atom stereocenters. The first-order valence-corrected chi connectivity index (χ1v) is 10.5. The quantitative estimate of drug-likeness (QED) is 0.429. The molecule has 2 rings (SSSR count). The number of rotatable bonds is 5. The maximum absolute atomic E-state index is 11.0. The van der Waals surface area contributed by atoms with Crippen molar-refractivity contribution in [1.82, 2.24) is 0 Å². The third-order valence-electron chi connectivity index (χ3n) is 5.41. The van der Waals surface area contributed by atoms with E-state index in [0.29, 0.717) is 16.6 Å². The van der Waals surface area contributed by atoms with E-state index in [2.05, 4.69) is 46.1 Å². The zero-order valence-electron chi connectivity index (χ0n) is 14.6. The van der Waals surface area contributed by atoms with Crippen molar-refractivity contribution >= 4 is 19.6 Å². The summed E-state index contributed by atoms with van der Waals surface area (Å²) in [7, 11) is -1.73. The fourth-order valence-corrected chi connectivity index (χ4v) is 11.8. The number of nitrogens with zero attached hydrogens (tertiary/aromatic N) is 2. The van der Waals surface area contributed by atoms with Crippen molar-refractivity contribution in [2.75, 3.05) is 11.1 Å². The fourth-order valence-electron chi connectivity index (χ4n) is 4.84. The van der Waals surface area contributed by atoms with E-state index < -0.39 is 8.24 Å². The lowest BCUT2D eigenvalue weighted by Gasteiger charge is -2.50. The van der Waals surface area contributed by atoms with Gasteiger partial charge in [0.15, 0.2) is 8.24 Å². The van der Waals surface area contributed by atoms with Gasteiger partial charge in [-0.1, -0.05) is 41.5 Å². The summed E-state index contributed by atoms with van der Waals surface area (Å²) in [4.78, 5) is 10.7. The second-order valence-corrected chi connectivity index (χ2v) is 13.1. The molecule has 1 aromatic carbocycles. The van der Waals surface area contributed by atoms with Gasteiger partial charge in [-0.15, -0.1) is 0 Å². The second-order valence-electron chi connectivity index (χ2n) is 7.32. The van der Waals surface area contributed by atoms with Crippen LogP contribution in [-0.2, 0) is 6.42 Å². The van der Waals surface area contributed by atoms with E-state index in [4.69, 9.17) is 0 Å². The van der Waals surface area contributed by atoms with Crippen LogP contribution in [0.25, 0.3) is 0 Å². The van der Waals surface area contributed by atoms with Crippen molar-refractivity contribution in [3.63, 3.8) is 0 Å². The van der Waals surface area contributed by atoms with Crippen LogP contribution in [0, 0.1) is 10.1 Å². The Hall–Kier alpha value is -1.36. The van der Waals surface area contributed by atoms with Gasteiger partial charge in [0, 0.05) is 24.4 Å². The molecule has 0 aromatic heterocycles. The van der Waals surface area contributed by atoms with Crippen LogP contribution in [0.1, 0.15) is 47.1 Å². The minimum atomic E-state index is -1.73. The summed E-state index contributed by atoms with van der Waals surface area (Å²) in [5.41, 5.74) is 4.55. The Morgan fingerprint density at radius 1 is 1.09 bits per heavy atom. The number of benzene rings is 1. The van der Waals surface area contributed by atoms with Gasteiger partial charge in [0.05, 0.1) is 4.92 Å². The van der Waals surface area contributed by atoms with Gasteiger partial charge < -0.3 is 4.57 Å². The molecule has 0 radical (unpaired) electrons. The van der Waals surface area contributed by atoms with Gasteiger partial charge in [0.25, 0.3) is 5.69 Å². The Balaban J connectivity index is 2.53. The molecule has 0 aliphatic carbocycles. The molecule has 1 aliphatic rings. The summed E-state index contributed by atoms with van der Waals surface area (Å²) < 4.78 is 2.66. The zero-order chi connectivity index (χ0) is 16.7. The molecule has 0 saturated heterocycles. The summed E-state index contributed by atoms with van der Waals surface area (Å²) in [5, 5.41) is 11.0. The lowest BCUT2D eigenvalue weighted by atomic mass is 10.1. The van der Waals surface area contributed by atoms with Crippen molar-refractivity contribution in [2.24, 2.45) is 0 Å². The number of anilines is 1. The summed E-state index contributed by atoms with van der Waals surface area (Å²) >= 11 is 0. The average Bonchev–Trinajstić information content (AvgIpc) is 2.81. The van der Waals surface area contributed by atoms with Crippen LogP contribution in [0.15, 0.2) is 18.2 Å². The highest BCUT2D eigenvalue weighted by Gasteiger charge is 2.50. The molecule has 0 bridgehead atoms. The summed E-state index contributed by atoms with van der Waals surface area (Å²) in [6.45, 7) is 15.2. The monoisotopic (exact) mass is 320 g/mol. The van der Waals surface area contributed by atoms with Crippen LogP contribution in [-0.4, -0.2) is 19.7 Å². The van der Waals surface area contributed by atoms with Crippen LogP contribution in [0.4, 0.5) is 11.4 Å². The highest BCUT2D eigenvalue weighted by molar-refractivity contribution is 6.86. The van der Waals surface area contributed by atoms with Crippen LogP contribution in [0.3, 0.4) is 0 Å². The van der Waals surface area contributed by atoms with E-state index in [1.807, 2.05) is 6.07 Å². The maximum atomic E-state index is 11.0. The normalized spacial score (nSPS) is 15.0. The largest absolute Gasteiger partial charge is 0.396 e. The van der Waals surface area contributed by atoms with Gasteiger partial charge in [-0.25, -0.2) is 0 Å². The van der Waals surface area contributed by atoms with Crippen molar-refractivity contribution < 1.29 is 4.92 Å². The van der Waals surface area contributed by atoms with Crippen molar-refractivity contribution in [3.05, 3.63) is 33.9 Å². The number of hydrogen-bond acceptors (Lipinski definition) is 3. The Labute approximate surface area is 134 Å². The molecule has 22 heavy (non-hydrogen) atoms. The van der Waals surface area contributed by atoms with Crippen LogP contribution in [0.2, 0.25) is 16.6 Å². The molecule has 4 nitrogen and oxygen atoms in total. The Morgan fingerprint density at radius 2 is 1.64 bits per heavy atom. The number of nitro groups is 1. The summed E-state index contributed by atoms with van der Waals surface area (Å²) in [5.74, 6) is 0. The highest BCUT2D eigenvalue weighted by Crippen LogP contribution is 2.48. The fraction of sp³-hybridized carbons (Fsp3) is 0.647. The molecule has 1 aromatic rings. The first kappa shape index (κ1) is 17.0. The van der Waals surface area contributed by atoms with Gasteiger partial charge in [0.2, 0.25) is 0 Å². The lowest BCUT2D eigenvalue weighted by Crippen LogP contribution is -2.60. The minimum absolute atomic E-state index is 0.214. The molecule has 0 saturated carbocycles. The van der Waals surface area contributed by atoms with Crippen molar-refractivity contribution in [3.8, 4) is 0 Å². The molecule has 122 valence electrons. The molecule has 5 heteroatoms. The number of non-ortho nitro benzene ring substituents is 1. The van der Waals surface area contributed by atoms with E-state index in [9.17, 15) is 10.1 Å². The van der Waals surface area contributed by atoms with E-state index in [-0.39, 0.29) is 10.6 Å². The minimum Gasteiger partial charge on any atom is -0.396 e. The van der Waals surface area contributed by atoms with Crippen LogP contribution >= 0.6 is 0 Å². The summed E-state index contributed by atoms with van der Waals surface area (Å²) in [6.07, 6.45) is 0.928. The molecule has 1 heterocycles. The molecule has 1 aliphatic heterocycles. The van der Waals surface area contributed by atoms with E-state index >= 15 is 0 Å². The average molecular weight is 321 g/mol. The first-order valence-electron chi connectivity index (χ1n) is 8.27. The van der Waals surface area contributed by atoms with E-state index in [1.54, 1.807) is 12.1 Å². The third-order valence-corrected chi connectivity index (χ3v) is 12.4. The van der Waals surface area contributed by atoms with Crippen LogP contribution in [0.5, 0.6) is 0 Å². The molecular formula is C17H28N2O2Si. The molecular weight excluding hydrogens is 292 g/mol. The van der Waals surface area contributed by atoms with Gasteiger partial charge in [-0.2, -0.15) is 0 Å². The predicted octanol–water partition coefficient (Wildman–Crippen LogP) is 5.13. The van der Waals surface area contributed by atoms with Gasteiger partial charge in [0.1, 0.15) is 0 Å². The molecule has 0 fully saturated rings. The Morgan fingerprint density at radius 3 is 2.09 bits per heavy atom. The van der Waals surface area contributed by atoms with E-state index in [1.165, 1.54) is 5.69 Å². The molecule has 0 amide bonds. The topological polar surface area (TPSA) is 46.4 Å². The van der Waals surface area contributed by atoms with Crippen molar-refractivity contribution in [1.29, 1.82) is 0 Å². The predicted molar refractivity (Wildman–Crippen MR) is 95.2 cm³/mol. The van der Waals surface area contributed by atoms with E-state index in [0.717, 1.165) is 18.5 Å². The lowest BCUT2D eigenvalue weighted by molar-refractivity contribution is -0.384. The Bertz CT molecular complexity index is 548. The SMILES string of the molecule is CC(C)[Si](C(C)C)(C(C)C)N1CCc2cc([N+](=O)[O-])ccc21. The molecule has 0 spiro atoms. The number of nitro benzene ring substituents is 1. The summed E-state index contributed by atoms with van der Waals surface area (Å²) in [6, 6.07) is 5.42. The smallest absolute Gasteiger partial charge is 0.269 e. The first-order chi connectivity index (χ1) is 10.2. The highest BCUT2D eigenvalue weighted by atomic mass is 28.3. The van der Waals surface area contributed by atoms with Gasteiger partial charge in [-0.05, 0) is 34.7 Å². The van der Waals surface area contributed by atoms with Gasteiger partial charge in [-0.3, -0.25) is 10.1 Å². The molecule has 0 N–H and O–H groups in total. The standard InChI is InChI=1S/C17H28N2O2Si/c1-12(2)22(13(3)4,14(5)6)18-10-9-15-11-16(19(20)21)7-8-17(15)18/h7-8,11-14H,9-10H2,1-6H3. The number of fused-ring (bicyclic) bond motifs is 1. The van der Waals surface area contributed by atoms with Crippen LogP contribution < -0.4 is 4.57 Å². The van der Waals surface area contributed by atoms with Gasteiger partial charge >= 0.3 is 0 Å². The third kappa shape index (κ3) is 2.45. The maximum Gasteiger partial charge on any atom is 0.269 e. The Kier molecular flexibility index (Phi) is 4.66. The second kappa shape index (κ2) is 6.03. The number of hydrogen-bond donors (Lipinski definition) is 0.